The second-order valence-electron chi connectivity index (χ2n) is 17.5. The normalized spacial score (nSPS) is 23.6. The molecule has 65 heavy (non-hydrogen) atoms. The molecule has 0 saturated carbocycles. The van der Waals surface area contributed by atoms with E-state index in [-0.39, 0.29) is 43.1 Å². The molecule has 7 atom stereocenters. The van der Waals surface area contributed by atoms with Gasteiger partial charge < -0.3 is 65.8 Å². The molecule has 3 fully saturated rings. The maximum atomic E-state index is 14.5. The van der Waals surface area contributed by atoms with Crippen molar-refractivity contribution in [2.24, 2.45) is 0 Å². The number of likely N-dealkylation sites (tertiary alicyclic amines) is 1. The standard InChI is InChI=1S/C46H63N9O10/c1-28-23-30(24-29(2)38(28)57)25-36(51-45(63)54-17-12-33(13-18-54)55-26-31-7-3-4-8-34(31)50-46(55)64)42(61)49-35(44(62)53-21-19-52(20-22-53)32-10-15-47-16-11-32)9-5-6-14-48-43-41(60)40(59)39(58)37(27-56)65-43/h3-4,7-8,10-11,15-16,23-24,33,35-37,39-41,43,48,56-60H,5-6,9,12-14,17-22,25-27H2,1-2H3,(H,49,61)(H,50,64)(H,51,63)/t35-,36+,37?,39+,40?,41+,43-/m0/s1. The van der Waals surface area contributed by atoms with Gasteiger partial charge in [-0.2, -0.15) is 0 Å². The van der Waals surface area contributed by atoms with Crippen molar-refractivity contribution in [3.8, 4) is 5.75 Å². The molecule has 2 unspecified atom stereocenters. The zero-order valence-corrected chi connectivity index (χ0v) is 37.0. The fourth-order valence-corrected chi connectivity index (χ4v) is 9.22. The molecule has 3 aromatic rings. The number of ether oxygens (including phenoxy) is 1. The molecule has 0 aliphatic carbocycles. The van der Waals surface area contributed by atoms with Crippen molar-refractivity contribution in [1.82, 2.24) is 35.6 Å². The van der Waals surface area contributed by atoms with Crippen LogP contribution in [0.25, 0.3) is 0 Å². The van der Waals surface area contributed by atoms with E-state index in [0.717, 1.165) is 16.9 Å². The number of phenolic OH excluding ortho intramolecular Hbond substituents is 1. The second-order valence-corrected chi connectivity index (χ2v) is 17.5. The Morgan fingerprint density at radius 3 is 2.25 bits per heavy atom. The lowest BCUT2D eigenvalue weighted by Crippen LogP contribution is -2.62. The Kier molecular flexibility index (Phi) is 15.8. The van der Waals surface area contributed by atoms with E-state index in [1.807, 2.05) is 41.3 Å². The summed E-state index contributed by atoms with van der Waals surface area (Å²) in [4.78, 5) is 67.5. The molecule has 5 heterocycles. The molecule has 9 N–H and O–H groups in total. The average Bonchev–Trinajstić information content (AvgIpc) is 3.32. The Morgan fingerprint density at radius 1 is 0.862 bits per heavy atom. The molecular formula is C46H63N9O10. The van der Waals surface area contributed by atoms with E-state index in [0.29, 0.717) is 88.2 Å². The van der Waals surface area contributed by atoms with Crippen molar-refractivity contribution in [3.63, 3.8) is 0 Å². The summed E-state index contributed by atoms with van der Waals surface area (Å²) in [7, 11) is 0. The Balaban J connectivity index is 1.03. The van der Waals surface area contributed by atoms with Crippen LogP contribution in [0.3, 0.4) is 0 Å². The number of aromatic hydroxyl groups is 1. The topological polar surface area (TPSA) is 253 Å². The van der Waals surface area contributed by atoms with E-state index in [1.54, 1.807) is 48.2 Å². The van der Waals surface area contributed by atoms with Gasteiger partial charge in [-0.25, -0.2) is 9.59 Å². The number of hydrogen-bond acceptors (Lipinski definition) is 13. The summed E-state index contributed by atoms with van der Waals surface area (Å²) in [5.41, 5.74) is 4.76. The number of para-hydroxylation sites is 1. The van der Waals surface area contributed by atoms with Crippen LogP contribution in [-0.4, -0.2) is 170 Å². The maximum Gasteiger partial charge on any atom is 0.322 e. The van der Waals surface area contributed by atoms with Gasteiger partial charge in [-0.1, -0.05) is 30.3 Å². The molecule has 0 bridgehead atoms. The smallest absolute Gasteiger partial charge is 0.322 e. The number of piperazine rings is 1. The van der Waals surface area contributed by atoms with Gasteiger partial charge >= 0.3 is 12.1 Å². The van der Waals surface area contributed by atoms with Gasteiger partial charge in [0.1, 0.15) is 48.5 Å². The highest BCUT2D eigenvalue weighted by atomic mass is 16.6. The number of phenols is 1. The largest absolute Gasteiger partial charge is 0.507 e. The summed E-state index contributed by atoms with van der Waals surface area (Å²) < 4.78 is 5.57. The quantitative estimate of drug-likeness (QED) is 0.0965. The number of aliphatic hydroxyl groups is 4. The van der Waals surface area contributed by atoms with Crippen molar-refractivity contribution in [3.05, 3.63) is 83.2 Å². The predicted molar refractivity (Wildman–Crippen MR) is 240 cm³/mol. The number of amides is 6. The first-order valence-corrected chi connectivity index (χ1v) is 22.6. The zero-order valence-electron chi connectivity index (χ0n) is 37.0. The highest BCUT2D eigenvalue weighted by Crippen LogP contribution is 2.29. The molecule has 4 aliphatic rings. The summed E-state index contributed by atoms with van der Waals surface area (Å²) in [6.45, 7) is 6.43. The number of anilines is 2. The summed E-state index contributed by atoms with van der Waals surface area (Å²) in [5, 5.41) is 62.9. The maximum absolute atomic E-state index is 14.5. The van der Waals surface area contributed by atoms with Crippen LogP contribution in [-0.2, 0) is 27.3 Å². The number of fused-ring (bicyclic) bond motifs is 1. The molecule has 2 aromatic carbocycles. The summed E-state index contributed by atoms with van der Waals surface area (Å²) in [6, 6.07) is 12.3. The number of hydrogen-bond donors (Lipinski definition) is 9. The van der Waals surface area contributed by atoms with E-state index < -0.39 is 61.3 Å². The number of nitrogens with zero attached hydrogens (tertiary/aromatic N) is 5. The van der Waals surface area contributed by atoms with Gasteiger partial charge in [-0.05, 0) is 92.9 Å². The molecule has 352 valence electrons. The summed E-state index contributed by atoms with van der Waals surface area (Å²) in [5.74, 6) is -0.667. The van der Waals surface area contributed by atoms with Crippen molar-refractivity contribution in [1.29, 1.82) is 0 Å². The van der Waals surface area contributed by atoms with Gasteiger partial charge in [-0.3, -0.25) is 19.9 Å². The molecule has 1 aromatic heterocycles. The number of aliphatic hydroxyl groups excluding tert-OH is 4. The monoisotopic (exact) mass is 901 g/mol. The Morgan fingerprint density at radius 2 is 1.55 bits per heavy atom. The summed E-state index contributed by atoms with van der Waals surface area (Å²) in [6.07, 6.45) is -0.781. The molecule has 19 nitrogen and oxygen atoms in total. The number of piperidine rings is 1. The first kappa shape index (κ1) is 47.4. The molecule has 4 aliphatic heterocycles. The zero-order chi connectivity index (χ0) is 46.2. The molecule has 7 rings (SSSR count). The minimum Gasteiger partial charge on any atom is -0.507 e. The van der Waals surface area contributed by atoms with Crippen molar-refractivity contribution >= 4 is 35.3 Å². The Bertz CT molecular complexity index is 2090. The first-order chi connectivity index (χ1) is 31.3. The molecular weight excluding hydrogens is 839 g/mol. The van der Waals surface area contributed by atoms with Crippen LogP contribution in [0.15, 0.2) is 60.9 Å². The van der Waals surface area contributed by atoms with Crippen molar-refractivity contribution in [2.45, 2.75) is 108 Å². The van der Waals surface area contributed by atoms with Crippen molar-refractivity contribution < 1.29 is 49.4 Å². The predicted octanol–water partition coefficient (Wildman–Crippen LogP) is 0.930. The fourth-order valence-electron chi connectivity index (χ4n) is 9.22. The fraction of sp³-hybridized carbons (Fsp3) is 0.543. The van der Waals surface area contributed by atoms with Gasteiger partial charge in [0.15, 0.2) is 0 Å². The lowest BCUT2D eigenvalue weighted by Gasteiger charge is -2.40. The van der Waals surface area contributed by atoms with Gasteiger partial charge in [0, 0.05) is 82.0 Å². The van der Waals surface area contributed by atoms with Gasteiger partial charge in [0.05, 0.1) is 6.61 Å². The summed E-state index contributed by atoms with van der Waals surface area (Å²) >= 11 is 0. The number of carbonyl (C=O) groups excluding carboxylic acids is 4. The number of aryl methyl sites for hydroxylation is 2. The highest BCUT2D eigenvalue weighted by molar-refractivity contribution is 5.93. The van der Waals surface area contributed by atoms with Gasteiger partial charge in [0.2, 0.25) is 11.8 Å². The van der Waals surface area contributed by atoms with E-state index in [4.69, 9.17) is 4.74 Å². The van der Waals surface area contributed by atoms with Crippen LogP contribution in [0, 0.1) is 13.8 Å². The SMILES string of the molecule is Cc1cc(C[C@@H](NC(=O)N2CCC(N3Cc4ccccc4NC3=O)CC2)C(=O)N[C@@H](CCCCN[C@H]2OC(CO)[C@@H](O)C(O)[C@H]2O)C(=O)N2CCN(c3ccncc3)CC2)cc(C)c1O. The average molecular weight is 902 g/mol. The number of aromatic nitrogens is 1. The number of rotatable bonds is 15. The minimum absolute atomic E-state index is 0.0812. The number of pyridine rings is 1. The number of benzene rings is 2. The van der Waals surface area contributed by atoms with E-state index in [9.17, 15) is 44.7 Å². The molecule has 0 radical (unpaired) electrons. The lowest BCUT2D eigenvalue weighted by molar-refractivity contribution is -0.236. The minimum atomic E-state index is -1.52. The Hall–Kier alpha value is -5.57. The third kappa shape index (κ3) is 11.5. The molecule has 0 spiro atoms. The van der Waals surface area contributed by atoms with Crippen LogP contribution < -0.4 is 26.2 Å². The lowest BCUT2D eigenvalue weighted by atomic mass is 9.98. The van der Waals surface area contributed by atoms with E-state index >= 15 is 0 Å². The van der Waals surface area contributed by atoms with Crippen molar-refractivity contribution in [2.75, 3.05) is 62.6 Å². The second kappa shape index (κ2) is 21.6. The van der Waals surface area contributed by atoms with Crippen LogP contribution in [0.1, 0.15) is 54.4 Å². The van der Waals surface area contributed by atoms with Crippen LogP contribution in [0.4, 0.5) is 21.0 Å². The molecule has 3 saturated heterocycles. The molecule has 19 heteroatoms. The third-order valence-corrected chi connectivity index (χ3v) is 13.0. The van der Waals surface area contributed by atoms with Gasteiger partial charge in [0.25, 0.3) is 0 Å². The number of nitrogens with one attached hydrogen (secondary N) is 4. The van der Waals surface area contributed by atoms with Crippen LogP contribution >= 0.6 is 0 Å². The molecule has 6 amide bonds. The van der Waals surface area contributed by atoms with E-state index in [1.165, 1.54) is 0 Å². The van der Waals surface area contributed by atoms with Crippen LogP contribution in [0.2, 0.25) is 0 Å². The van der Waals surface area contributed by atoms with Gasteiger partial charge in [-0.15, -0.1) is 0 Å². The number of urea groups is 2. The van der Waals surface area contributed by atoms with Crippen LogP contribution in [0.5, 0.6) is 5.75 Å². The third-order valence-electron chi connectivity index (χ3n) is 13.0. The number of carbonyl (C=O) groups is 4. The first-order valence-electron chi connectivity index (χ1n) is 22.6. The number of unbranched alkanes of at least 4 members (excludes halogenated alkanes) is 1. The van der Waals surface area contributed by atoms with E-state index in [2.05, 4.69) is 31.2 Å². The highest BCUT2D eigenvalue weighted by Gasteiger charge is 2.43. The Labute approximate surface area is 378 Å².